The largest absolute Gasteiger partial charge is 0.497 e. The Labute approximate surface area is 179 Å². The zero-order valence-corrected chi connectivity index (χ0v) is 17.9. The van der Waals surface area contributed by atoms with E-state index in [1.54, 1.807) is 7.11 Å². The second kappa shape index (κ2) is 10.0. The fourth-order valence-electron chi connectivity index (χ4n) is 3.36. The van der Waals surface area contributed by atoms with E-state index in [1.807, 2.05) is 18.3 Å². The van der Waals surface area contributed by atoms with Crippen LogP contribution >= 0.6 is 7.92 Å². The summed E-state index contributed by atoms with van der Waals surface area (Å²) in [5, 5.41) is 4.01. The van der Waals surface area contributed by atoms with Crippen LogP contribution in [0.5, 0.6) is 5.75 Å². The Morgan fingerprint density at radius 2 is 1.27 bits per heavy atom. The number of methoxy groups -OCH3 is 1. The molecule has 4 rings (SSSR count). The summed E-state index contributed by atoms with van der Waals surface area (Å²) < 4.78 is 5.23. The highest BCUT2D eigenvalue weighted by Crippen LogP contribution is 2.33. The Bertz CT molecular complexity index is 1050. The van der Waals surface area contributed by atoms with Crippen molar-refractivity contribution in [2.24, 2.45) is 4.99 Å². The molecule has 4 aromatic rings. The van der Waals surface area contributed by atoms with Gasteiger partial charge in [-0.05, 0) is 41.5 Å². The summed E-state index contributed by atoms with van der Waals surface area (Å²) in [4.78, 5) is 4.74. The van der Waals surface area contributed by atoms with E-state index >= 15 is 0 Å². The molecule has 0 saturated heterocycles. The van der Waals surface area contributed by atoms with Crippen LogP contribution in [0.3, 0.4) is 0 Å². The van der Waals surface area contributed by atoms with Gasteiger partial charge in [0.25, 0.3) is 0 Å². The molecule has 0 unspecified atom stereocenters. The number of hydrogen-bond acceptors (Lipinski definition) is 2. The van der Waals surface area contributed by atoms with Crippen molar-refractivity contribution in [1.29, 1.82) is 0 Å². The molecule has 3 heteroatoms. The smallest absolute Gasteiger partial charge is 0.118 e. The maximum Gasteiger partial charge on any atom is 0.118 e. The topological polar surface area (TPSA) is 21.6 Å². The van der Waals surface area contributed by atoms with Crippen LogP contribution < -0.4 is 20.7 Å². The van der Waals surface area contributed by atoms with Crippen LogP contribution in [0.25, 0.3) is 0 Å². The van der Waals surface area contributed by atoms with Crippen molar-refractivity contribution in [3.8, 4) is 5.75 Å². The summed E-state index contributed by atoms with van der Waals surface area (Å²) in [5.41, 5.74) is 2.34. The van der Waals surface area contributed by atoms with E-state index in [1.165, 1.54) is 21.5 Å². The molecule has 30 heavy (non-hydrogen) atoms. The molecule has 0 heterocycles. The summed E-state index contributed by atoms with van der Waals surface area (Å²) in [6.45, 7) is 0.646. The van der Waals surface area contributed by atoms with Gasteiger partial charge in [-0.15, -0.1) is 0 Å². The Kier molecular flexibility index (Phi) is 6.69. The third-order valence-corrected chi connectivity index (χ3v) is 7.39. The summed E-state index contributed by atoms with van der Waals surface area (Å²) in [6, 6.07) is 38.2. The van der Waals surface area contributed by atoms with Crippen LogP contribution in [0.4, 0.5) is 0 Å². The van der Waals surface area contributed by atoms with E-state index in [2.05, 4.69) is 97.1 Å². The minimum Gasteiger partial charge on any atom is -0.497 e. The normalized spacial score (nSPS) is 11.1. The minimum atomic E-state index is -0.652. The quantitative estimate of drug-likeness (QED) is 0.308. The zero-order valence-electron chi connectivity index (χ0n) is 17.0. The van der Waals surface area contributed by atoms with Crippen molar-refractivity contribution in [3.05, 3.63) is 120 Å². The first kappa shape index (κ1) is 20.1. The molecule has 0 bridgehead atoms. The first-order valence-corrected chi connectivity index (χ1v) is 11.3. The third kappa shape index (κ3) is 4.84. The van der Waals surface area contributed by atoms with E-state index < -0.39 is 7.92 Å². The number of aliphatic imine (C=N–C) groups is 1. The van der Waals surface area contributed by atoms with Gasteiger partial charge in [-0.3, -0.25) is 4.99 Å². The Morgan fingerprint density at radius 3 is 1.87 bits per heavy atom. The molecular formula is C27H24NOP. The van der Waals surface area contributed by atoms with Crippen molar-refractivity contribution in [2.45, 2.75) is 6.54 Å². The first-order valence-electron chi connectivity index (χ1n) is 9.97. The van der Waals surface area contributed by atoms with Crippen molar-refractivity contribution in [2.75, 3.05) is 7.11 Å². The lowest BCUT2D eigenvalue weighted by Crippen LogP contribution is -2.23. The first-order chi connectivity index (χ1) is 14.8. The molecule has 2 nitrogen and oxygen atoms in total. The van der Waals surface area contributed by atoms with Crippen LogP contribution in [-0.4, -0.2) is 13.3 Å². The van der Waals surface area contributed by atoms with E-state index in [0.29, 0.717) is 6.54 Å². The highest BCUT2D eigenvalue weighted by molar-refractivity contribution is 7.80. The number of benzene rings is 4. The highest BCUT2D eigenvalue weighted by atomic mass is 31.1. The van der Waals surface area contributed by atoms with Gasteiger partial charge in [0, 0.05) is 11.8 Å². The Balaban J connectivity index is 1.66. The lowest BCUT2D eigenvalue weighted by atomic mass is 10.2. The predicted octanol–water partition coefficient (Wildman–Crippen LogP) is 5.07. The highest BCUT2D eigenvalue weighted by Gasteiger charge is 2.18. The molecule has 0 aliphatic heterocycles. The molecule has 0 aliphatic carbocycles. The van der Waals surface area contributed by atoms with Crippen LogP contribution in [0.2, 0.25) is 0 Å². The molecule has 4 aromatic carbocycles. The van der Waals surface area contributed by atoms with E-state index in [4.69, 9.17) is 9.73 Å². The van der Waals surface area contributed by atoms with Crippen LogP contribution in [0, 0.1) is 0 Å². The van der Waals surface area contributed by atoms with Gasteiger partial charge >= 0.3 is 0 Å². The molecule has 0 radical (unpaired) electrons. The van der Waals surface area contributed by atoms with Crippen LogP contribution in [-0.2, 0) is 6.54 Å². The van der Waals surface area contributed by atoms with E-state index in [9.17, 15) is 0 Å². The SMILES string of the molecule is COc1ccc(CN=Cc2ccccc2P(c2ccccc2)c2ccccc2)cc1. The molecule has 0 aromatic heterocycles. The number of ether oxygens (including phenoxy) is 1. The van der Waals surface area contributed by atoms with Crippen molar-refractivity contribution < 1.29 is 4.74 Å². The van der Waals surface area contributed by atoms with Crippen LogP contribution in [0.15, 0.2) is 114 Å². The maximum absolute atomic E-state index is 5.23. The van der Waals surface area contributed by atoms with Gasteiger partial charge in [0.2, 0.25) is 0 Å². The molecule has 0 atom stereocenters. The van der Waals surface area contributed by atoms with Crippen LogP contribution in [0.1, 0.15) is 11.1 Å². The van der Waals surface area contributed by atoms with Gasteiger partial charge in [-0.25, -0.2) is 0 Å². The summed E-state index contributed by atoms with van der Waals surface area (Å²) in [5.74, 6) is 0.865. The summed E-state index contributed by atoms with van der Waals surface area (Å²) in [7, 11) is 1.03. The van der Waals surface area contributed by atoms with Gasteiger partial charge in [0.1, 0.15) is 5.75 Å². The third-order valence-electron chi connectivity index (χ3n) is 4.87. The standard InChI is InChI=1S/C27H24NOP/c1-29-24-18-16-22(17-19-24)20-28-21-23-10-8-9-15-27(23)30(25-11-4-2-5-12-25)26-13-6-3-7-14-26/h2-19,21H,20H2,1H3. The molecule has 0 saturated carbocycles. The minimum absolute atomic E-state index is 0.646. The maximum atomic E-state index is 5.23. The van der Waals surface area contributed by atoms with Gasteiger partial charge in [-0.1, -0.05) is 97.1 Å². The molecule has 0 spiro atoms. The van der Waals surface area contributed by atoms with Gasteiger partial charge in [0.05, 0.1) is 13.7 Å². The van der Waals surface area contributed by atoms with Gasteiger partial charge < -0.3 is 4.74 Å². The molecule has 0 amide bonds. The van der Waals surface area contributed by atoms with E-state index in [0.717, 1.165) is 11.3 Å². The van der Waals surface area contributed by atoms with E-state index in [-0.39, 0.29) is 0 Å². The molecule has 0 N–H and O–H groups in total. The van der Waals surface area contributed by atoms with Crippen molar-refractivity contribution in [3.63, 3.8) is 0 Å². The number of hydrogen-bond donors (Lipinski definition) is 0. The number of rotatable bonds is 7. The number of nitrogens with zero attached hydrogens (tertiary/aromatic N) is 1. The fourth-order valence-corrected chi connectivity index (χ4v) is 5.78. The summed E-state index contributed by atoms with van der Waals surface area (Å²) in [6.07, 6.45) is 2.01. The predicted molar refractivity (Wildman–Crippen MR) is 129 cm³/mol. The van der Waals surface area contributed by atoms with Crippen molar-refractivity contribution in [1.82, 2.24) is 0 Å². The second-order valence-electron chi connectivity index (χ2n) is 6.88. The molecule has 0 fully saturated rings. The average Bonchev–Trinajstić information content (AvgIpc) is 2.82. The zero-order chi connectivity index (χ0) is 20.6. The van der Waals surface area contributed by atoms with Gasteiger partial charge in [-0.2, -0.15) is 0 Å². The monoisotopic (exact) mass is 409 g/mol. The summed E-state index contributed by atoms with van der Waals surface area (Å²) >= 11 is 0. The lowest BCUT2D eigenvalue weighted by Gasteiger charge is -2.21. The Hall–Kier alpha value is -3.22. The second-order valence-corrected chi connectivity index (χ2v) is 9.07. The molecular weight excluding hydrogens is 385 g/mol. The molecule has 0 aliphatic rings. The lowest BCUT2D eigenvalue weighted by molar-refractivity contribution is 0.414. The van der Waals surface area contributed by atoms with Gasteiger partial charge in [0.15, 0.2) is 0 Å². The van der Waals surface area contributed by atoms with Crippen molar-refractivity contribution >= 4 is 30.0 Å². The fraction of sp³-hybridized carbons (Fsp3) is 0.0741. The Morgan fingerprint density at radius 1 is 0.700 bits per heavy atom. The molecule has 148 valence electrons. The average molecular weight is 409 g/mol.